The Kier molecular flexibility index (Phi) is 13.0. The number of carbonyl (C=O) groups is 4. The van der Waals surface area contributed by atoms with Crippen LogP contribution in [0.5, 0.6) is 0 Å². The number of aliphatic hydroxyl groups is 1. The maximum absolute atomic E-state index is 14.6. The number of fused-ring (bicyclic) bond motifs is 1. The Bertz CT molecular complexity index is 1860. The van der Waals surface area contributed by atoms with Gasteiger partial charge in [0.25, 0.3) is 11.8 Å². The van der Waals surface area contributed by atoms with Crippen LogP contribution in [-0.2, 0) is 22.6 Å². The lowest BCUT2D eigenvalue weighted by Crippen LogP contribution is -2.46. The second kappa shape index (κ2) is 17.8. The first-order valence-electron chi connectivity index (χ1n) is 18.2. The average molecular weight is 708 g/mol. The summed E-state index contributed by atoms with van der Waals surface area (Å²) in [4.78, 5) is 56.9. The maximum Gasteiger partial charge on any atom is 0.303 e. The zero-order valence-corrected chi connectivity index (χ0v) is 30.3. The third kappa shape index (κ3) is 9.13. The zero-order chi connectivity index (χ0) is 37.2. The quantitative estimate of drug-likeness (QED) is 0.123. The van der Waals surface area contributed by atoms with Crippen LogP contribution >= 0.6 is 0 Å². The minimum absolute atomic E-state index is 0.0763. The van der Waals surface area contributed by atoms with E-state index in [0.29, 0.717) is 36.6 Å². The fraction of sp³-hybridized carbons (Fsp3) is 0.390. The number of aliphatic carboxylic acids is 1. The normalized spacial score (nSPS) is 14.4. The van der Waals surface area contributed by atoms with Crippen LogP contribution in [0.1, 0.15) is 102 Å². The fourth-order valence-electron chi connectivity index (χ4n) is 6.79. The van der Waals surface area contributed by atoms with E-state index in [4.69, 9.17) is 5.10 Å². The van der Waals surface area contributed by atoms with E-state index in [1.165, 1.54) is 0 Å². The molecule has 0 radical (unpaired) electrons. The maximum atomic E-state index is 14.6. The van der Waals surface area contributed by atoms with E-state index in [1.54, 1.807) is 46.0 Å². The highest BCUT2D eigenvalue weighted by molar-refractivity contribution is 6.01. The Morgan fingerprint density at radius 1 is 0.904 bits per heavy atom. The van der Waals surface area contributed by atoms with Crippen molar-refractivity contribution >= 4 is 29.4 Å². The Morgan fingerprint density at radius 3 is 2.23 bits per heavy atom. The molecule has 3 amide bonds. The molecular weight excluding hydrogens is 658 g/mol. The molecule has 1 unspecified atom stereocenters. The van der Waals surface area contributed by atoms with Crippen LogP contribution in [0.2, 0.25) is 0 Å². The van der Waals surface area contributed by atoms with E-state index >= 15 is 0 Å². The number of hydrogen-bond acceptors (Lipinski definition) is 6. The van der Waals surface area contributed by atoms with Gasteiger partial charge in [0.2, 0.25) is 5.91 Å². The fourth-order valence-corrected chi connectivity index (χ4v) is 6.79. The number of carboxylic acids is 1. The van der Waals surface area contributed by atoms with Crippen LogP contribution in [0.25, 0.3) is 5.69 Å². The standard InChI is InChI=1S/C41H49N5O6/c1-4-6-19-44(20-7-5-2)41(52)36-21-28(3)46(43-36)37-18-17-33(42-38(48)23-32(24-39(49)50)29-13-9-8-10-14-29)25-35(37)40(51)45-26-31-16-12-11-15-30(31)22-34(45)27-47/h8-18,21,25,32,34,47H,4-7,19-20,22-24,26-27H2,1-3H3,(H,42,48)(H,49,50)/t32?,34-/m0/s1. The molecule has 5 rings (SSSR count). The van der Waals surface area contributed by atoms with E-state index < -0.39 is 23.8 Å². The number of nitrogens with zero attached hydrogens (tertiary/aromatic N) is 4. The molecule has 0 aliphatic carbocycles. The van der Waals surface area contributed by atoms with Gasteiger partial charge in [-0.15, -0.1) is 0 Å². The highest BCUT2D eigenvalue weighted by Gasteiger charge is 2.32. The summed E-state index contributed by atoms with van der Waals surface area (Å²) in [5.41, 5.74) is 4.75. The van der Waals surface area contributed by atoms with Crippen molar-refractivity contribution in [3.05, 3.63) is 113 Å². The van der Waals surface area contributed by atoms with Crippen LogP contribution in [0.4, 0.5) is 5.69 Å². The van der Waals surface area contributed by atoms with Crippen LogP contribution < -0.4 is 5.32 Å². The molecule has 3 aromatic carbocycles. The van der Waals surface area contributed by atoms with Crippen LogP contribution in [0.3, 0.4) is 0 Å². The van der Waals surface area contributed by atoms with Gasteiger partial charge in [0, 0.05) is 43.4 Å². The van der Waals surface area contributed by atoms with Crippen molar-refractivity contribution in [1.29, 1.82) is 0 Å². The monoisotopic (exact) mass is 707 g/mol. The van der Waals surface area contributed by atoms with Crippen molar-refractivity contribution in [3.8, 4) is 5.69 Å². The van der Waals surface area contributed by atoms with Crippen molar-refractivity contribution in [2.45, 2.75) is 84.2 Å². The summed E-state index contributed by atoms with van der Waals surface area (Å²) in [6, 6.07) is 23.1. The summed E-state index contributed by atoms with van der Waals surface area (Å²) in [6.45, 7) is 7.33. The molecular formula is C41H49N5O6. The third-order valence-corrected chi connectivity index (χ3v) is 9.65. The van der Waals surface area contributed by atoms with Gasteiger partial charge in [0.1, 0.15) is 0 Å². The number of carbonyl (C=O) groups excluding carboxylic acids is 3. The first kappa shape index (κ1) is 38.0. The Hall–Kier alpha value is -5.29. The van der Waals surface area contributed by atoms with Gasteiger partial charge < -0.3 is 25.3 Å². The number of aliphatic hydroxyl groups excluding tert-OH is 1. The largest absolute Gasteiger partial charge is 0.481 e. The molecule has 1 aliphatic heterocycles. The van der Waals surface area contributed by atoms with Crippen LogP contribution in [-0.4, -0.2) is 79.2 Å². The van der Waals surface area contributed by atoms with Crippen molar-refractivity contribution in [3.63, 3.8) is 0 Å². The third-order valence-electron chi connectivity index (χ3n) is 9.65. The number of nitrogens with one attached hydrogen (secondary N) is 1. The smallest absolute Gasteiger partial charge is 0.303 e. The van der Waals surface area contributed by atoms with E-state index in [0.717, 1.165) is 42.4 Å². The number of unbranched alkanes of at least 4 members (excludes halogenated alkanes) is 2. The summed E-state index contributed by atoms with van der Waals surface area (Å²) in [7, 11) is 0. The predicted octanol–water partition coefficient (Wildman–Crippen LogP) is 6.37. The summed E-state index contributed by atoms with van der Waals surface area (Å²) >= 11 is 0. The molecule has 11 heteroatoms. The van der Waals surface area contributed by atoms with Gasteiger partial charge in [-0.25, -0.2) is 4.68 Å². The summed E-state index contributed by atoms with van der Waals surface area (Å²) in [6.07, 6.45) is 3.88. The van der Waals surface area contributed by atoms with E-state index in [9.17, 15) is 29.4 Å². The number of amides is 3. The topological polar surface area (TPSA) is 145 Å². The summed E-state index contributed by atoms with van der Waals surface area (Å²) < 4.78 is 1.59. The number of anilines is 1. The van der Waals surface area contributed by atoms with Gasteiger partial charge in [-0.2, -0.15) is 5.10 Å². The molecule has 0 bridgehead atoms. The Morgan fingerprint density at radius 2 is 1.58 bits per heavy atom. The first-order chi connectivity index (χ1) is 25.1. The van der Waals surface area contributed by atoms with Crippen LogP contribution in [0.15, 0.2) is 78.9 Å². The molecule has 0 saturated heterocycles. The average Bonchev–Trinajstić information content (AvgIpc) is 3.54. The lowest BCUT2D eigenvalue weighted by Gasteiger charge is -2.36. The van der Waals surface area contributed by atoms with E-state index in [1.807, 2.05) is 54.3 Å². The van der Waals surface area contributed by atoms with Crippen molar-refractivity contribution in [2.24, 2.45) is 0 Å². The number of aromatic nitrogens is 2. The van der Waals surface area contributed by atoms with Gasteiger partial charge >= 0.3 is 5.97 Å². The highest BCUT2D eigenvalue weighted by Crippen LogP contribution is 2.30. The Labute approximate surface area is 305 Å². The minimum atomic E-state index is -1.01. The second-order valence-corrected chi connectivity index (χ2v) is 13.5. The molecule has 11 nitrogen and oxygen atoms in total. The second-order valence-electron chi connectivity index (χ2n) is 13.5. The molecule has 274 valence electrons. The predicted molar refractivity (Wildman–Crippen MR) is 200 cm³/mol. The number of carboxylic acid groups (broad SMARTS) is 1. The van der Waals surface area contributed by atoms with Crippen molar-refractivity contribution < 1.29 is 29.4 Å². The molecule has 2 heterocycles. The molecule has 4 aromatic rings. The summed E-state index contributed by atoms with van der Waals surface area (Å²) in [5.74, 6) is -2.48. The van der Waals surface area contributed by atoms with Gasteiger partial charge in [-0.05, 0) is 67.1 Å². The Balaban J connectivity index is 1.51. The molecule has 0 saturated carbocycles. The molecule has 0 fully saturated rings. The number of aryl methyl sites for hydroxylation is 1. The van der Waals surface area contributed by atoms with E-state index in [2.05, 4.69) is 19.2 Å². The number of rotatable bonds is 16. The lowest BCUT2D eigenvalue weighted by atomic mass is 9.92. The number of benzene rings is 3. The molecule has 52 heavy (non-hydrogen) atoms. The first-order valence-corrected chi connectivity index (χ1v) is 18.2. The van der Waals surface area contributed by atoms with Gasteiger partial charge in [-0.1, -0.05) is 81.3 Å². The SMILES string of the molecule is CCCCN(CCCC)C(=O)c1cc(C)n(-c2ccc(NC(=O)CC(CC(=O)O)c3ccccc3)cc2C(=O)N2Cc3ccccc3C[C@H]2CO)n1. The molecule has 1 aliphatic rings. The van der Waals surface area contributed by atoms with Crippen molar-refractivity contribution in [1.82, 2.24) is 19.6 Å². The molecule has 2 atom stereocenters. The molecule has 1 aromatic heterocycles. The van der Waals surface area contributed by atoms with Gasteiger partial charge in [-0.3, -0.25) is 19.2 Å². The van der Waals surface area contributed by atoms with Crippen LogP contribution in [0, 0.1) is 6.92 Å². The van der Waals surface area contributed by atoms with E-state index in [-0.39, 0.29) is 49.1 Å². The minimum Gasteiger partial charge on any atom is -0.481 e. The molecule has 0 spiro atoms. The van der Waals surface area contributed by atoms with Crippen molar-refractivity contribution in [2.75, 3.05) is 25.0 Å². The zero-order valence-electron chi connectivity index (χ0n) is 30.3. The van der Waals surface area contributed by atoms with Gasteiger partial charge in [0.15, 0.2) is 5.69 Å². The highest BCUT2D eigenvalue weighted by atomic mass is 16.4. The summed E-state index contributed by atoms with van der Waals surface area (Å²) in [5, 5.41) is 27.6. The van der Waals surface area contributed by atoms with Gasteiger partial charge in [0.05, 0.1) is 30.3 Å². The number of hydrogen-bond donors (Lipinski definition) is 3. The lowest BCUT2D eigenvalue weighted by molar-refractivity contribution is -0.137. The molecule has 3 N–H and O–H groups in total.